The van der Waals surface area contributed by atoms with Crippen molar-refractivity contribution in [3.8, 4) is 0 Å². The SMILES string of the molecule is CC(C)CCCCCCCCOC(=O)CC(O)(CC(=O)O)C(=O)O. The summed E-state index contributed by atoms with van der Waals surface area (Å²) < 4.78 is 4.87. The molecule has 0 aliphatic rings. The van der Waals surface area contributed by atoms with Crippen LogP contribution >= 0.6 is 0 Å². The molecule has 0 aromatic heterocycles. The molecule has 0 bridgehead atoms. The average molecular weight is 346 g/mol. The first-order valence-electron chi connectivity index (χ1n) is 8.50. The molecule has 0 aromatic carbocycles. The molecule has 140 valence electrons. The van der Waals surface area contributed by atoms with Crippen LogP contribution in [0.3, 0.4) is 0 Å². The summed E-state index contributed by atoms with van der Waals surface area (Å²) in [6.07, 6.45) is 5.50. The number of carbonyl (C=O) groups excluding carboxylic acids is 1. The van der Waals surface area contributed by atoms with Crippen LogP contribution in [0.1, 0.15) is 71.6 Å². The molecule has 0 radical (unpaired) electrons. The van der Waals surface area contributed by atoms with Crippen LogP contribution in [0, 0.1) is 5.92 Å². The zero-order chi connectivity index (χ0) is 18.6. The summed E-state index contributed by atoms with van der Waals surface area (Å²) in [7, 11) is 0. The molecule has 1 unspecified atom stereocenters. The number of hydrogen-bond acceptors (Lipinski definition) is 5. The van der Waals surface area contributed by atoms with Crippen molar-refractivity contribution >= 4 is 17.9 Å². The number of aliphatic carboxylic acids is 2. The lowest BCUT2D eigenvalue weighted by Crippen LogP contribution is -2.43. The summed E-state index contributed by atoms with van der Waals surface area (Å²) in [5.74, 6) is -3.42. The third kappa shape index (κ3) is 11.0. The number of ether oxygens (including phenoxy) is 1. The Morgan fingerprint density at radius 2 is 1.46 bits per heavy atom. The van der Waals surface area contributed by atoms with Gasteiger partial charge in [-0.3, -0.25) is 9.59 Å². The van der Waals surface area contributed by atoms with Crippen LogP contribution in [0.4, 0.5) is 0 Å². The number of aliphatic hydroxyl groups is 1. The van der Waals surface area contributed by atoms with E-state index in [0.29, 0.717) is 6.42 Å². The van der Waals surface area contributed by atoms with Crippen molar-refractivity contribution < 1.29 is 34.4 Å². The van der Waals surface area contributed by atoms with Gasteiger partial charge >= 0.3 is 17.9 Å². The largest absolute Gasteiger partial charge is 0.481 e. The molecule has 7 heteroatoms. The lowest BCUT2D eigenvalue weighted by molar-refractivity contribution is -0.172. The van der Waals surface area contributed by atoms with Crippen molar-refractivity contribution in [3.63, 3.8) is 0 Å². The molecule has 0 heterocycles. The highest BCUT2D eigenvalue weighted by Gasteiger charge is 2.41. The minimum atomic E-state index is -2.63. The maximum absolute atomic E-state index is 11.5. The van der Waals surface area contributed by atoms with Gasteiger partial charge in [-0.25, -0.2) is 4.79 Å². The monoisotopic (exact) mass is 346 g/mol. The van der Waals surface area contributed by atoms with Crippen LogP contribution in [0.25, 0.3) is 0 Å². The number of carboxylic acids is 2. The number of unbranched alkanes of at least 4 members (excludes halogenated alkanes) is 5. The molecule has 3 N–H and O–H groups in total. The van der Waals surface area contributed by atoms with Crippen molar-refractivity contribution in [2.75, 3.05) is 6.61 Å². The zero-order valence-electron chi connectivity index (χ0n) is 14.6. The van der Waals surface area contributed by atoms with Crippen LogP contribution in [-0.4, -0.2) is 45.4 Å². The molecule has 0 rings (SSSR count). The summed E-state index contributed by atoms with van der Waals surface area (Å²) in [6.45, 7) is 4.56. The Balaban J connectivity index is 3.82. The summed E-state index contributed by atoms with van der Waals surface area (Å²) in [5, 5.41) is 27.2. The highest BCUT2D eigenvalue weighted by atomic mass is 16.5. The van der Waals surface area contributed by atoms with Gasteiger partial charge in [0.2, 0.25) is 0 Å². The van der Waals surface area contributed by atoms with Gasteiger partial charge in [0.1, 0.15) is 0 Å². The molecular formula is C17H30O7. The molecule has 0 fully saturated rings. The lowest BCUT2D eigenvalue weighted by atomic mass is 9.96. The van der Waals surface area contributed by atoms with Gasteiger partial charge in [-0.1, -0.05) is 52.4 Å². The highest BCUT2D eigenvalue weighted by Crippen LogP contribution is 2.17. The predicted octanol–water partition coefficient (Wildman–Crippen LogP) is 2.60. The fourth-order valence-corrected chi connectivity index (χ4v) is 2.30. The van der Waals surface area contributed by atoms with Crippen LogP contribution in [0.2, 0.25) is 0 Å². The first kappa shape index (κ1) is 22.4. The first-order chi connectivity index (χ1) is 11.2. The highest BCUT2D eigenvalue weighted by molar-refractivity contribution is 5.88. The maximum Gasteiger partial charge on any atom is 0.336 e. The molecule has 0 saturated carbocycles. The van der Waals surface area contributed by atoms with Gasteiger partial charge in [0, 0.05) is 0 Å². The van der Waals surface area contributed by atoms with Crippen LogP contribution in [0.5, 0.6) is 0 Å². The predicted molar refractivity (Wildman–Crippen MR) is 87.6 cm³/mol. The van der Waals surface area contributed by atoms with Gasteiger partial charge < -0.3 is 20.1 Å². The fraction of sp³-hybridized carbons (Fsp3) is 0.824. The van der Waals surface area contributed by atoms with E-state index in [1.54, 1.807) is 0 Å². The van der Waals surface area contributed by atoms with Crippen LogP contribution in [0.15, 0.2) is 0 Å². The number of carbonyl (C=O) groups is 3. The number of hydrogen-bond donors (Lipinski definition) is 3. The summed E-state index contributed by atoms with van der Waals surface area (Å²) >= 11 is 0. The number of esters is 1. The Bertz CT molecular complexity index is 406. The van der Waals surface area contributed by atoms with Crippen molar-refractivity contribution in [1.29, 1.82) is 0 Å². The molecular weight excluding hydrogens is 316 g/mol. The Labute approximate surface area is 143 Å². The van der Waals surface area contributed by atoms with Gasteiger partial charge in [0.25, 0.3) is 0 Å². The van der Waals surface area contributed by atoms with Crippen LogP contribution in [-0.2, 0) is 19.1 Å². The van der Waals surface area contributed by atoms with E-state index in [0.717, 1.165) is 25.2 Å². The van der Waals surface area contributed by atoms with E-state index in [2.05, 4.69) is 13.8 Å². The molecule has 0 amide bonds. The average Bonchev–Trinajstić information content (AvgIpc) is 2.43. The molecule has 24 heavy (non-hydrogen) atoms. The van der Waals surface area contributed by atoms with Crippen molar-refractivity contribution in [2.24, 2.45) is 5.92 Å². The molecule has 0 saturated heterocycles. The van der Waals surface area contributed by atoms with E-state index in [9.17, 15) is 19.5 Å². The standard InChI is InChI=1S/C17H30O7/c1-13(2)9-7-5-3-4-6-8-10-24-15(20)12-17(23,16(21)22)11-14(18)19/h13,23H,3-12H2,1-2H3,(H,18,19)(H,21,22). The molecule has 0 aliphatic heterocycles. The van der Waals surface area contributed by atoms with E-state index in [4.69, 9.17) is 14.9 Å². The molecule has 0 aromatic rings. The van der Waals surface area contributed by atoms with Gasteiger partial charge in [-0.15, -0.1) is 0 Å². The summed E-state index contributed by atoms with van der Waals surface area (Å²) in [4.78, 5) is 33.0. The topological polar surface area (TPSA) is 121 Å². The van der Waals surface area contributed by atoms with Crippen molar-refractivity contribution in [2.45, 2.75) is 77.2 Å². The number of rotatable bonds is 14. The molecule has 0 aliphatic carbocycles. The smallest absolute Gasteiger partial charge is 0.336 e. The third-order valence-corrected chi connectivity index (χ3v) is 3.72. The Hall–Kier alpha value is -1.63. The van der Waals surface area contributed by atoms with Gasteiger partial charge in [-0.2, -0.15) is 0 Å². The second kappa shape index (κ2) is 11.8. The minimum Gasteiger partial charge on any atom is -0.481 e. The normalized spacial score (nSPS) is 13.5. The van der Waals surface area contributed by atoms with E-state index >= 15 is 0 Å². The van der Waals surface area contributed by atoms with E-state index in [-0.39, 0.29) is 6.61 Å². The van der Waals surface area contributed by atoms with Crippen molar-refractivity contribution in [1.82, 2.24) is 0 Å². The number of carboxylic acid groups (broad SMARTS) is 2. The van der Waals surface area contributed by atoms with E-state index in [1.165, 1.54) is 19.3 Å². The Morgan fingerprint density at radius 1 is 0.917 bits per heavy atom. The van der Waals surface area contributed by atoms with Crippen LogP contribution < -0.4 is 0 Å². The summed E-state index contributed by atoms with van der Waals surface area (Å²) in [6, 6.07) is 0. The fourth-order valence-electron chi connectivity index (χ4n) is 2.30. The second-order valence-corrected chi connectivity index (χ2v) is 6.61. The van der Waals surface area contributed by atoms with Gasteiger partial charge in [0.15, 0.2) is 5.60 Å². The minimum absolute atomic E-state index is 0.146. The molecule has 7 nitrogen and oxygen atoms in total. The molecule has 0 spiro atoms. The zero-order valence-corrected chi connectivity index (χ0v) is 14.6. The Morgan fingerprint density at radius 3 is 1.96 bits per heavy atom. The third-order valence-electron chi connectivity index (χ3n) is 3.72. The maximum atomic E-state index is 11.5. The van der Waals surface area contributed by atoms with Crippen molar-refractivity contribution in [3.05, 3.63) is 0 Å². The first-order valence-corrected chi connectivity index (χ1v) is 8.50. The molecule has 1 atom stereocenters. The lowest BCUT2D eigenvalue weighted by Gasteiger charge is -2.20. The Kier molecular flexibility index (Phi) is 11.0. The van der Waals surface area contributed by atoms with E-state index < -0.39 is 36.4 Å². The van der Waals surface area contributed by atoms with Gasteiger partial charge in [0.05, 0.1) is 19.4 Å². The second-order valence-electron chi connectivity index (χ2n) is 6.61. The summed E-state index contributed by atoms with van der Waals surface area (Å²) in [5.41, 5.74) is -2.63. The van der Waals surface area contributed by atoms with E-state index in [1.807, 2.05) is 0 Å². The quantitative estimate of drug-likeness (QED) is 0.326. The van der Waals surface area contributed by atoms with Gasteiger partial charge in [-0.05, 0) is 12.3 Å².